The van der Waals surface area contributed by atoms with E-state index in [1.165, 1.54) is 36.4 Å². The first-order chi connectivity index (χ1) is 18.2. The largest absolute Gasteiger partial charge is 0.478 e. The number of hydrogen-bond donors (Lipinski definition) is 3. The number of nitrogens with one attached hydrogen (secondary N) is 1. The van der Waals surface area contributed by atoms with Crippen molar-refractivity contribution in [1.82, 2.24) is 5.32 Å². The number of carboxylic acid groups (broad SMARTS) is 1. The Hall–Kier alpha value is -3.69. The van der Waals surface area contributed by atoms with E-state index in [1.54, 1.807) is 54.6 Å². The number of aromatic carboxylic acids is 1. The number of carboxylic acids is 1. The van der Waals surface area contributed by atoms with Crippen molar-refractivity contribution in [2.45, 2.75) is 22.3 Å². The second-order valence-corrected chi connectivity index (χ2v) is 10.9. The smallest absolute Gasteiger partial charge is 0.339 e. The molecule has 3 N–H and O–H groups in total. The number of benzene rings is 4. The minimum absolute atomic E-state index is 0.0109. The molecule has 4 rings (SSSR count). The molecule has 38 heavy (non-hydrogen) atoms. The van der Waals surface area contributed by atoms with E-state index in [0.29, 0.717) is 30.3 Å². The minimum Gasteiger partial charge on any atom is -0.478 e. The van der Waals surface area contributed by atoms with Crippen LogP contribution in [0.2, 0.25) is 5.02 Å². The molecule has 0 saturated carbocycles. The molecule has 0 amide bonds. The van der Waals surface area contributed by atoms with Gasteiger partial charge in [-0.2, -0.15) is 0 Å². The van der Waals surface area contributed by atoms with Crippen molar-refractivity contribution < 1.29 is 28.2 Å². The first-order valence-electron chi connectivity index (χ1n) is 11.8. The number of ether oxygens (including phenoxy) is 1. The third-order valence-electron chi connectivity index (χ3n) is 5.87. The molecule has 7 nitrogen and oxygen atoms in total. The van der Waals surface area contributed by atoms with Gasteiger partial charge in [0.2, 0.25) is 9.84 Å². The van der Waals surface area contributed by atoms with E-state index in [2.05, 4.69) is 5.32 Å². The third kappa shape index (κ3) is 6.79. The van der Waals surface area contributed by atoms with Crippen LogP contribution in [0.1, 0.15) is 27.6 Å². The lowest BCUT2D eigenvalue weighted by Gasteiger charge is -2.13. The topological polar surface area (TPSA) is 113 Å². The summed E-state index contributed by atoms with van der Waals surface area (Å²) in [7, 11) is -3.75. The molecule has 4 aromatic carbocycles. The lowest BCUT2D eigenvalue weighted by molar-refractivity contribution is 0.0694. The molecular weight excluding hydrogens is 526 g/mol. The summed E-state index contributed by atoms with van der Waals surface area (Å²) in [6, 6.07) is 25.8. The van der Waals surface area contributed by atoms with E-state index in [-0.39, 0.29) is 21.1 Å². The number of aliphatic hydroxyl groups excluding tert-OH is 1. The molecule has 0 aliphatic rings. The van der Waals surface area contributed by atoms with Crippen LogP contribution in [0.25, 0.3) is 0 Å². The molecular formula is C29H26ClNO6S. The second kappa shape index (κ2) is 12.2. The molecule has 0 saturated heterocycles. The van der Waals surface area contributed by atoms with Gasteiger partial charge >= 0.3 is 5.97 Å². The van der Waals surface area contributed by atoms with Gasteiger partial charge in [0.15, 0.2) is 0 Å². The van der Waals surface area contributed by atoms with Crippen LogP contribution in [0.5, 0.6) is 11.5 Å². The molecule has 9 heteroatoms. The fraction of sp³-hybridized carbons (Fsp3) is 0.138. The van der Waals surface area contributed by atoms with Crippen LogP contribution in [0.4, 0.5) is 0 Å². The Balaban J connectivity index is 1.34. The summed E-state index contributed by atoms with van der Waals surface area (Å²) >= 11 is 5.97. The number of aliphatic hydroxyl groups is 1. The Kier molecular flexibility index (Phi) is 8.81. The molecule has 0 radical (unpaired) electrons. The maximum Gasteiger partial charge on any atom is 0.339 e. The second-order valence-electron chi connectivity index (χ2n) is 8.55. The molecule has 196 valence electrons. The van der Waals surface area contributed by atoms with Gasteiger partial charge in [0.25, 0.3) is 0 Å². The third-order valence-corrected chi connectivity index (χ3v) is 7.90. The lowest BCUT2D eigenvalue weighted by atomic mass is 10.1. The number of carbonyl (C=O) groups is 1. The predicted molar refractivity (Wildman–Crippen MR) is 145 cm³/mol. The summed E-state index contributed by atoms with van der Waals surface area (Å²) in [5, 5.41) is 23.3. The number of rotatable bonds is 11. The Morgan fingerprint density at radius 1 is 0.895 bits per heavy atom. The normalized spacial score (nSPS) is 12.2. The highest BCUT2D eigenvalue weighted by molar-refractivity contribution is 7.91. The van der Waals surface area contributed by atoms with Crippen molar-refractivity contribution in [1.29, 1.82) is 0 Å². The van der Waals surface area contributed by atoms with Gasteiger partial charge in [0, 0.05) is 11.6 Å². The summed E-state index contributed by atoms with van der Waals surface area (Å²) in [6.45, 7) is 0.977. The molecule has 0 aliphatic heterocycles. The Bertz CT molecular complexity index is 1510. The van der Waals surface area contributed by atoms with Crippen molar-refractivity contribution in [3.8, 4) is 11.5 Å². The number of sulfone groups is 1. The highest BCUT2D eigenvalue weighted by Gasteiger charge is 2.18. The molecule has 0 fully saturated rings. The summed E-state index contributed by atoms with van der Waals surface area (Å²) in [5.74, 6) is -0.630. The maximum atomic E-state index is 13.1. The van der Waals surface area contributed by atoms with Crippen molar-refractivity contribution in [2.24, 2.45) is 0 Å². The van der Waals surface area contributed by atoms with Crippen LogP contribution in [0.3, 0.4) is 0 Å². The molecule has 1 atom stereocenters. The van der Waals surface area contributed by atoms with Gasteiger partial charge in [0.1, 0.15) is 17.1 Å². The quantitative estimate of drug-likeness (QED) is 0.210. The molecule has 0 aliphatic carbocycles. The number of halogens is 1. The lowest BCUT2D eigenvalue weighted by Crippen LogP contribution is -2.23. The van der Waals surface area contributed by atoms with Crippen molar-refractivity contribution >= 4 is 27.4 Å². The van der Waals surface area contributed by atoms with Crippen LogP contribution >= 0.6 is 11.6 Å². The highest BCUT2D eigenvalue weighted by atomic mass is 35.5. The highest BCUT2D eigenvalue weighted by Crippen LogP contribution is 2.28. The number of hydrogen-bond acceptors (Lipinski definition) is 6. The Labute approximate surface area is 226 Å². The molecule has 0 spiro atoms. The van der Waals surface area contributed by atoms with E-state index in [1.807, 2.05) is 6.07 Å². The van der Waals surface area contributed by atoms with Gasteiger partial charge < -0.3 is 20.3 Å². The van der Waals surface area contributed by atoms with Gasteiger partial charge in [-0.15, -0.1) is 0 Å². The van der Waals surface area contributed by atoms with E-state index < -0.39 is 21.9 Å². The fourth-order valence-corrected chi connectivity index (χ4v) is 5.28. The number of para-hydroxylation sites is 1. The summed E-state index contributed by atoms with van der Waals surface area (Å²) < 4.78 is 31.8. The van der Waals surface area contributed by atoms with Crippen molar-refractivity contribution in [2.75, 3.05) is 13.1 Å². The predicted octanol–water partition coefficient (Wildman–Crippen LogP) is 5.53. The Morgan fingerprint density at radius 2 is 1.55 bits per heavy atom. The summed E-state index contributed by atoms with van der Waals surface area (Å²) in [4.78, 5) is 11.6. The molecule has 0 aromatic heterocycles. The summed E-state index contributed by atoms with van der Waals surface area (Å²) in [5.41, 5.74) is 1.70. The average Bonchev–Trinajstić information content (AvgIpc) is 2.92. The van der Waals surface area contributed by atoms with Crippen LogP contribution in [0, 0.1) is 0 Å². The van der Waals surface area contributed by atoms with E-state index in [9.17, 15) is 23.4 Å². The molecule has 0 bridgehead atoms. The first-order valence-corrected chi connectivity index (χ1v) is 13.7. The molecule has 1 unspecified atom stereocenters. The van der Waals surface area contributed by atoms with Gasteiger partial charge in [-0.25, -0.2) is 13.2 Å². The zero-order valence-electron chi connectivity index (χ0n) is 20.2. The zero-order chi connectivity index (χ0) is 27.1. The first kappa shape index (κ1) is 27.3. The minimum atomic E-state index is -3.75. The zero-order valence-corrected chi connectivity index (χ0v) is 21.8. The van der Waals surface area contributed by atoms with Gasteiger partial charge in [0.05, 0.1) is 15.9 Å². The van der Waals surface area contributed by atoms with Crippen LogP contribution < -0.4 is 10.1 Å². The van der Waals surface area contributed by atoms with Gasteiger partial charge in [-0.05, 0) is 84.8 Å². The maximum absolute atomic E-state index is 13.1. The molecule has 0 heterocycles. The SMILES string of the molecule is O=C(O)c1ccccc1Oc1ccc(S(=O)(=O)c2ccc(CCNCC(O)c3cccc(Cl)c3)cc2)cc1. The Morgan fingerprint density at radius 3 is 2.21 bits per heavy atom. The average molecular weight is 552 g/mol. The molecule has 4 aromatic rings. The van der Waals surface area contributed by atoms with E-state index in [4.69, 9.17) is 16.3 Å². The standard InChI is InChI=1S/C29H26ClNO6S/c30-22-5-3-4-21(18-22)27(32)19-31-17-16-20-8-12-24(13-9-20)38(35,36)25-14-10-23(11-15-25)37-28-7-2-1-6-26(28)29(33)34/h1-15,18,27,31-32H,16-17,19H2,(H,33,34). The summed E-state index contributed by atoms with van der Waals surface area (Å²) in [6.07, 6.45) is -0.0168. The van der Waals surface area contributed by atoms with Crippen LogP contribution in [-0.2, 0) is 16.3 Å². The van der Waals surface area contributed by atoms with Gasteiger partial charge in [-0.3, -0.25) is 0 Å². The van der Waals surface area contributed by atoms with Crippen molar-refractivity contribution in [3.63, 3.8) is 0 Å². The monoisotopic (exact) mass is 551 g/mol. The van der Waals surface area contributed by atoms with Crippen molar-refractivity contribution in [3.05, 3.63) is 119 Å². The fourth-order valence-electron chi connectivity index (χ4n) is 3.82. The van der Waals surface area contributed by atoms with Crippen LogP contribution in [0.15, 0.2) is 107 Å². The van der Waals surface area contributed by atoms with Crippen LogP contribution in [-0.4, -0.2) is 37.7 Å². The van der Waals surface area contributed by atoms with Gasteiger partial charge in [-0.1, -0.05) is 48.0 Å². The van der Waals surface area contributed by atoms with E-state index >= 15 is 0 Å². The van der Waals surface area contributed by atoms with E-state index in [0.717, 1.165) is 11.1 Å².